The van der Waals surface area contributed by atoms with Crippen LogP contribution in [0.1, 0.15) is 0 Å². The molecule has 0 amide bonds. The third-order valence-electron chi connectivity index (χ3n) is 1.77. The second kappa shape index (κ2) is 3.67. The van der Waals surface area contributed by atoms with Crippen molar-refractivity contribution in [2.75, 3.05) is 11.9 Å². The van der Waals surface area contributed by atoms with E-state index in [1.807, 2.05) is 6.07 Å². The predicted molar refractivity (Wildman–Crippen MR) is 56.5 cm³/mol. The molecule has 14 heavy (non-hydrogen) atoms. The Balaban J connectivity index is 2.32. The first-order valence-corrected chi connectivity index (χ1v) is 4.50. The minimum absolute atomic E-state index is 0.499. The summed E-state index contributed by atoms with van der Waals surface area (Å²) in [6.07, 6.45) is 5.19. The van der Waals surface area contributed by atoms with E-state index in [9.17, 15) is 0 Å². The van der Waals surface area contributed by atoms with Crippen molar-refractivity contribution in [3.63, 3.8) is 0 Å². The zero-order valence-corrected chi connectivity index (χ0v) is 8.20. The van der Waals surface area contributed by atoms with Gasteiger partial charge in [0.15, 0.2) is 5.82 Å². The lowest BCUT2D eigenvalue weighted by atomic mass is 10.4. The van der Waals surface area contributed by atoms with Crippen molar-refractivity contribution in [3.05, 3.63) is 36.3 Å². The van der Waals surface area contributed by atoms with Gasteiger partial charge < -0.3 is 5.32 Å². The number of halogens is 1. The Morgan fingerprint density at radius 3 is 3.21 bits per heavy atom. The Labute approximate surface area is 86.2 Å². The third-order valence-corrected chi connectivity index (χ3v) is 1.91. The maximum Gasteiger partial charge on any atom is 0.152 e. The second-order valence-electron chi connectivity index (χ2n) is 2.81. The Hall–Kier alpha value is -1.55. The van der Waals surface area contributed by atoms with Crippen LogP contribution in [-0.4, -0.2) is 21.1 Å². The molecule has 4 nitrogen and oxygen atoms in total. The molecule has 0 radical (unpaired) electrons. The molecule has 2 heterocycles. The highest BCUT2D eigenvalue weighted by Gasteiger charge is 2.01. The highest BCUT2D eigenvalue weighted by atomic mass is 35.5. The summed E-state index contributed by atoms with van der Waals surface area (Å²) in [6.45, 7) is 4.09. The van der Waals surface area contributed by atoms with Gasteiger partial charge in [-0.25, -0.2) is 9.50 Å². The SMILES string of the molecule is C=C(Cl)CNc1nccn2nccc12. The van der Waals surface area contributed by atoms with E-state index in [2.05, 4.69) is 22.0 Å². The van der Waals surface area contributed by atoms with E-state index in [0.29, 0.717) is 11.6 Å². The normalized spacial score (nSPS) is 10.4. The van der Waals surface area contributed by atoms with Crippen molar-refractivity contribution >= 4 is 22.9 Å². The lowest BCUT2D eigenvalue weighted by Gasteiger charge is -2.04. The van der Waals surface area contributed by atoms with Gasteiger partial charge in [0, 0.05) is 17.4 Å². The van der Waals surface area contributed by atoms with Gasteiger partial charge in [0.05, 0.1) is 12.7 Å². The molecule has 2 aromatic rings. The minimum atomic E-state index is 0.499. The summed E-state index contributed by atoms with van der Waals surface area (Å²) in [5, 5.41) is 7.71. The van der Waals surface area contributed by atoms with E-state index in [0.717, 1.165) is 11.3 Å². The second-order valence-corrected chi connectivity index (χ2v) is 3.34. The fourth-order valence-electron chi connectivity index (χ4n) is 1.17. The molecule has 0 aliphatic heterocycles. The quantitative estimate of drug-likeness (QED) is 0.838. The number of anilines is 1. The maximum absolute atomic E-state index is 5.65. The fourth-order valence-corrected chi connectivity index (χ4v) is 1.24. The van der Waals surface area contributed by atoms with Crippen LogP contribution in [0.25, 0.3) is 5.52 Å². The molecule has 0 aromatic carbocycles. The number of nitrogens with one attached hydrogen (secondary N) is 1. The Bertz CT molecular complexity index is 463. The largest absolute Gasteiger partial charge is 0.363 e. The van der Waals surface area contributed by atoms with Gasteiger partial charge in [0.1, 0.15) is 5.52 Å². The zero-order chi connectivity index (χ0) is 9.97. The molecule has 2 aromatic heterocycles. The summed E-state index contributed by atoms with van der Waals surface area (Å²) in [4.78, 5) is 4.18. The maximum atomic E-state index is 5.65. The van der Waals surface area contributed by atoms with Crippen molar-refractivity contribution in [2.24, 2.45) is 0 Å². The molecule has 0 saturated carbocycles. The molecule has 2 rings (SSSR count). The van der Waals surface area contributed by atoms with Crippen LogP contribution in [0.4, 0.5) is 5.82 Å². The molecule has 5 heteroatoms. The average Bonchev–Trinajstić information content (AvgIpc) is 2.62. The number of nitrogens with zero attached hydrogens (tertiary/aromatic N) is 3. The van der Waals surface area contributed by atoms with Crippen molar-refractivity contribution in [1.82, 2.24) is 14.6 Å². The van der Waals surface area contributed by atoms with Crippen molar-refractivity contribution in [3.8, 4) is 0 Å². The molecular weight excluding hydrogens is 200 g/mol. The monoisotopic (exact) mass is 208 g/mol. The van der Waals surface area contributed by atoms with Crippen LogP contribution in [0.15, 0.2) is 36.3 Å². The van der Waals surface area contributed by atoms with E-state index in [4.69, 9.17) is 11.6 Å². The molecule has 0 aliphatic rings. The van der Waals surface area contributed by atoms with Gasteiger partial charge in [-0.3, -0.25) is 0 Å². The minimum Gasteiger partial charge on any atom is -0.363 e. The number of aromatic nitrogens is 3. The van der Waals surface area contributed by atoms with E-state index in [1.165, 1.54) is 0 Å². The molecule has 0 saturated heterocycles. The van der Waals surface area contributed by atoms with E-state index in [-0.39, 0.29) is 0 Å². The number of hydrogen-bond acceptors (Lipinski definition) is 3. The summed E-state index contributed by atoms with van der Waals surface area (Å²) in [5.41, 5.74) is 0.922. The standard InChI is InChI=1S/C9H9ClN4/c1-7(10)6-12-9-8-2-3-13-14(8)5-4-11-9/h2-5H,1,6H2,(H,11,12). The lowest BCUT2D eigenvalue weighted by molar-refractivity contribution is 0.945. The van der Waals surface area contributed by atoms with Gasteiger partial charge in [-0.15, -0.1) is 0 Å². The van der Waals surface area contributed by atoms with Crippen LogP contribution in [0.2, 0.25) is 0 Å². The van der Waals surface area contributed by atoms with Crippen LogP contribution < -0.4 is 5.32 Å². The first kappa shape index (κ1) is 9.02. The number of rotatable bonds is 3. The van der Waals surface area contributed by atoms with Crippen LogP contribution in [0.3, 0.4) is 0 Å². The average molecular weight is 209 g/mol. The van der Waals surface area contributed by atoms with Gasteiger partial charge in [-0.05, 0) is 6.07 Å². The van der Waals surface area contributed by atoms with Crippen LogP contribution in [0.5, 0.6) is 0 Å². The van der Waals surface area contributed by atoms with Crippen molar-refractivity contribution in [1.29, 1.82) is 0 Å². The van der Waals surface area contributed by atoms with Gasteiger partial charge in [-0.1, -0.05) is 18.2 Å². The Kier molecular flexibility index (Phi) is 2.37. The van der Waals surface area contributed by atoms with Crippen LogP contribution >= 0.6 is 11.6 Å². The van der Waals surface area contributed by atoms with Crippen molar-refractivity contribution < 1.29 is 0 Å². The summed E-state index contributed by atoms with van der Waals surface area (Å²) in [7, 11) is 0. The van der Waals surface area contributed by atoms with E-state index < -0.39 is 0 Å². The zero-order valence-electron chi connectivity index (χ0n) is 7.44. The number of fused-ring (bicyclic) bond motifs is 1. The molecule has 0 aliphatic carbocycles. The highest BCUT2D eigenvalue weighted by Crippen LogP contribution is 2.12. The predicted octanol–water partition coefficient (Wildman–Crippen LogP) is 1.89. The molecule has 72 valence electrons. The van der Waals surface area contributed by atoms with Crippen molar-refractivity contribution in [2.45, 2.75) is 0 Å². The van der Waals surface area contributed by atoms with Gasteiger partial charge in [0.25, 0.3) is 0 Å². The topological polar surface area (TPSA) is 42.2 Å². The first-order valence-electron chi connectivity index (χ1n) is 4.13. The smallest absolute Gasteiger partial charge is 0.152 e. The Morgan fingerprint density at radius 2 is 2.43 bits per heavy atom. The summed E-state index contributed by atoms with van der Waals surface area (Å²) < 4.78 is 1.74. The molecule has 1 N–H and O–H groups in total. The molecule has 0 bridgehead atoms. The molecule has 0 unspecified atom stereocenters. The molecule has 0 spiro atoms. The molecular formula is C9H9ClN4. The molecule has 0 fully saturated rings. The fraction of sp³-hybridized carbons (Fsp3) is 0.111. The summed E-state index contributed by atoms with van der Waals surface area (Å²) >= 11 is 5.65. The van der Waals surface area contributed by atoms with Gasteiger partial charge in [0.2, 0.25) is 0 Å². The molecule has 0 atom stereocenters. The summed E-state index contributed by atoms with van der Waals surface area (Å²) in [5.74, 6) is 0.756. The third kappa shape index (κ3) is 1.70. The van der Waals surface area contributed by atoms with E-state index in [1.54, 1.807) is 23.1 Å². The lowest BCUT2D eigenvalue weighted by Crippen LogP contribution is -2.04. The van der Waals surface area contributed by atoms with Crippen LogP contribution in [0, 0.1) is 0 Å². The van der Waals surface area contributed by atoms with Gasteiger partial charge in [-0.2, -0.15) is 5.10 Å². The van der Waals surface area contributed by atoms with E-state index >= 15 is 0 Å². The highest BCUT2D eigenvalue weighted by molar-refractivity contribution is 6.29. The number of hydrogen-bond donors (Lipinski definition) is 1. The van der Waals surface area contributed by atoms with Gasteiger partial charge >= 0.3 is 0 Å². The van der Waals surface area contributed by atoms with Crippen LogP contribution in [-0.2, 0) is 0 Å². The first-order chi connectivity index (χ1) is 6.77. The summed E-state index contributed by atoms with van der Waals surface area (Å²) in [6, 6.07) is 1.88. The Morgan fingerprint density at radius 1 is 1.57 bits per heavy atom.